The number of carbonyl (C=O) groups excluding carboxylic acids is 1. The van der Waals surface area contributed by atoms with E-state index in [1.54, 1.807) is 5.57 Å². The quantitative estimate of drug-likeness (QED) is 0.366. The molecule has 0 aliphatic heterocycles. The Morgan fingerprint density at radius 1 is 1.03 bits per heavy atom. The predicted molar refractivity (Wildman–Crippen MR) is 135 cm³/mol. The second kappa shape index (κ2) is 8.08. The van der Waals surface area contributed by atoms with Crippen molar-refractivity contribution in [1.29, 1.82) is 0 Å². The average Bonchev–Trinajstić information content (AvgIpc) is 3.22. The van der Waals surface area contributed by atoms with Crippen molar-refractivity contribution in [1.82, 2.24) is 4.98 Å². The second-order valence-electron chi connectivity index (χ2n) is 11.0. The SMILES string of the molecule is C[C@]12CC[C@H]3[C@@H](CC=C4C[C@@H](OC(=O)c5ccccc5)CC[C@@]43C)C1=CC=C2c1cccnc1. The molecule has 6 rings (SSSR count). The number of aromatic nitrogens is 1. The van der Waals surface area contributed by atoms with Gasteiger partial charge < -0.3 is 4.74 Å². The van der Waals surface area contributed by atoms with E-state index < -0.39 is 0 Å². The molecule has 0 amide bonds. The van der Waals surface area contributed by atoms with E-state index in [9.17, 15) is 4.79 Å². The lowest BCUT2D eigenvalue weighted by molar-refractivity contribution is 0.00246. The van der Waals surface area contributed by atoms with Crippen molar-refractivity contribution in [3.8, 4) is 0 Å². The van der Waals surface area contributed by atoms with Gasteiger partial charge in [0, 0.05) is 24.2 Å². The molecule has 2 aromatic rings. The molecule has 3 nitrogen and oxygen atoms in total. The summed E-state index contributed by atoms with van der Waals surface area (Å²) in [6, 6.07) is 13.6. The standard InChI is InChI=1S/C31H33NO2/c1-30-16-14-24(34-29(33)21-7-4-3-5-8-21)19-23(30)10-11-25-27-13-12-26(22-9-6-18-32-20-22)31(27,2)17-15-28(25)30/h3-10,12-13,18,20,24-25,28H,11,14-17,19H2,1-2H3/t24-,25-,28-,30-,31+/m0/s1. The molecule has 2 saturated carbocycles. The van der Waals surface area contributed by atoms with Crippen LogP contribution in [0.4, 0.5) is 0 Å². The maximum Gasteiger partial charge on any atom is 0.338 e. The van der Waals surface area contributed by atoms with Crippen LogP contribution in [0.5, 0.6) is 0 Å². The van der Waals surface area contributed by atoms with E-state index in [0.29, 0.717) is 17.4 Å². The Morgan fingerprint density at radius 2 is 1.88 bits per heavy atom. The zero-order valence-corrected chi connectivity index (χ0v) is 20.2. The third kappa shape index (κ3) is 3.32. The lowest BCUT2D eigenvalue weighted by Gasteiger charge is -2.56. The van der Waals surface area contributed by atoms with Crippen LogP contribution >= 0.6 is 0 Å². The number of hydrogen-bond donors (Lipinski definition) is 0. The highest BCUT2D eigenvalue weighted by Crippen LogP contribution is 2.64. The van der Waals surface area contributed by atoms with Gasteiger partial charge in [-0.15, -0.1) is 0 Å². The average molecular weight is 452 g/mol. The molecule has 0 unspecified atom stereocenters. The van der Waals surface area contributed by atoms with Gasteiger partial charge in [0.2, 0.25) is 0 Å². The van der Waals surface area contributed by atoms with Crippen LogP contribution in [0.15, 0.2) is 84.2 Å². The van der Waals surface area contributed by atoms with Crippen LogP contribution in [0.1, 0.15) is 68.3 Å². The zero-order chi connectivity index (χ0) is 23.3. The normalized spacial score (nSPS) is 34.1. The maximum absolute atomic E-state index is 12.6. The van der Waals surface area contributed by atoms with Gasteiger partial charge in [0.05, 0.1) is 5.56 Å². The summed E-state index contributed by atoms with van der Waals surface area (Å²) in [6.45, 7) is 4.93. The van der Waals surface area contributed by atoms with E-state index in [-0.39, 0.29) is 22.9 Å². The van der Waals surface area contributed by atoms with Crippen LogP contribution in [-0.4, -0.2) is 17.1 Å². The summed E-state index contributed by atoms with van der Waals surface area (Å²) < 4.78 is 5.95. The van der Waals surface area contributed by atoms with E-state index in [1.807, 2.05) is 48.8 Å². The number of nitrogens with zero attached hydrogens (tertiary/aromatic N) is 1. The highest BCUT2D eigenvalue weighted by Gasteiger charge is 2.54. The fourth-order valence-corrected chi connectivity index (χ4v) is 7.47. The summed E-state index contributed by atoms with van der Waals surface area (Å²) >= 11 is 0. The van der Waals surface area contributed by atoms with Crippen molar-refractivity contribution in [2.75, 3.05) is 0 Å². The number of benzene rings is 1. The van der Waals surface area contributed by atoms with Gasteiger partial charge in [0.15, 0.2) is 0 Å². The molecule has 34 heavy (non-hydrogen) atoms. The summed E-state index contributed by atoms with van der Waals surface area (Å²) in [5.74, 6) is 1.07. The number of hydrogen-bond acceptors (Lipinski definition) is 3. The number of pyridine rings is 1. The molecule has 174 valence electrons. The molecule has 0 N–H and O–H groups in total. The third-order valence-corrected chi connectivity index (χ3v) is 9.36. The first-order valence-corrected chi connectivity index (χ1v) is 12.8. The Kier molecular flexibility index (Phi) is 5.13. The highest BCUT2D eigenvalue weighted by atomic mass is 16.5. The van der Waals surface area contributed by atoms with Gasteiger partial charge >= 0.3 is 5.97 Å². The fraction of sp³-hybridized carbons (Fsp3) is 0.419. The Balaban J connectivity index is 1.21. The van der Waals surface area contributed by atoms with Gasteiger partial charge in [0.1, 0.15) is 6.10 Å². The number of allylic oxidation sites excluding steroid dienone is 5. The van der Waals surface area contributed by atoms with E-state index in [0.717, 1.165) is 25.7 Å². The molecule has 1 aromatic heterocycles. The molecule has 1 aromatic carbocycles. The first kappa shape index (κ1) is 21.6. The van der Waals surface area contributed by atoms with Crippen molar-refractivity contribution in [3.63, 3.8) is 0 Å². The summed E-state index contributed by atoms with van der Waals surface area (Å²) in [5.41, 5.74) is 6.81. The van der Waals surface area contributed by atoms with Gasteiger partial charge in [0.25, 0.3) is 0 Å². The monoisotopic (exact) mass is 451 g/mol. The molecule has 4 aliphatic rings. The molecule has 0 bridgehead atoms. The fourth-order valence-electron chi connectivity index (χ4n) is 7.47. The molecule has 2 fully saturated rings. The Hall–Kier alpha value is -2.94. The van der Waals surface area contributed by atoms with Gasteiger partial charge in [-0.2, -0.15) is 0 Å². The van der Waals surface area contributed by atoms with Gasteiger partial charge in [-0.25, -0.2) is 4.79 Å². The Labute approximate surface area is 202 Å². The van der Waals surface area contributed by atoms with E-state index >= 15 is 0 Å². The molecule has 5 atom stereocenters. The van der Waals surface area contributed by atoms with Crippen molar-refractivity contribution in [3.05, 3.63) is 95.4 Å². The largest absolute Gasteiger partial charge is 0.458 e. The first-order valence-electron chi connectivity index (χ1n) is 12.8. The molecule has 0 radical (unpaired) electrons. The summed E-state index contributed by atoms with van der Waals surface area (Å²) in [4.78, 5) is 17.0. The zero-order valence-electron chi connectivity index (χ0n) is 20.2. The summed E-state index contributed by atoms with van der Waals surface area (Å²) in [5, 5.41) is 0. The van der Waals surface area contributed by atoms with Crippen LogP contribution in [0.2, 0.25) is 0 Å². The van der Waals surface area contributed by atoms with Crippen LogP contribution in [0.3, 0.4) is 0 Å². The maximum atomic E-state index is 12.6. The van der Waals surface area contributed by atoms with Crippen LogP contribution < -0.4 is 0 Å². The topological polar surface area (TPSA) is 39.2 Å². The lowest BCUT2D eigenvalue weighted by Crippen LogP contribution is -2.47. The lowest BCUT2D eigenvalue weighted by atomic mass is 9.49. The van der Waals surface area contributed by atoms with Crippen LogP contribution in [0.25, 0.3) is 5.57 Å². The van der Waals surface area contributed by atoms with E-state index in [1.165, 1.54) is 29.6 Å². The highest BCUT2D eigenvalue weighted by molar-refractivity contribution is 5.89. The van der Waals surface area contributed by atoms with Crippen molar-refractivity contribution >= 4 is 11.5 Å². The van der Waals surface area contributed by atoms with Crippen LogP contribution in [-0.2, 0) is 4.74 Å². The number of ether oxygens (including phenoxy) is 1. The molecule has 4 aliphatic carbocycles. The molecule has 1 heterocycles. The van der Waals surface area contributed by atoms with E-state index in [4.69, 9.17) is 4.74 Å². The minimum Gasteiger partial charge on any atom is -0.458 e. The van der Waals surface area contributed by atoms with Crippen molar-refractivity contribution < 1.29 is 9.53 Å². The summed E-state index contributed by atoms with van der Waals surface area (Å²) in [6.07, 6.45) is 17.6. The van der Waals surface area contributed by atoms with Gasteiger partial charge in [-0.05, 0) is 78.7 Å². The minimum absolute atomic E-state index is 0.0121. The van der Waals surface area contributed by atoms with Gasteiger partial charge in [-0.3, -0.25) is 4.98 Å². The Morgan fingerprint density at radius 3 is 2.68 bits per heavy atom. The smallest absolute Gasteiger partial charge is 0.338 e. The number of esters is 1. The number of fused-ring (bicyclic) bond motifs is 5. The molecular formula is C31H33NO2. The third-order valence-electron chi connectivity index (χ3n) is 9.36. The predicted octanol–water partition coefficient (Wildman–Crippen LogP) is 7.18. The minimum atomic E-state index is -0.193. The summed E-state index contributed by atoms with van der Waals surface area (Å²) in [7, 11) is 0. The number of rotatable bonds is 3. The molecular weight excluding hydrogens is 418 g/mol. The number of carbonyl (C=O) groups is 1. The second-order valence-corrected chi connectivity index (χ2v) is 11.0. The van der Waals surface area contributed by atoms with Crippen molar-refractivity contribution in [2.24, 2.45) is 22.7 Å². The molecule has 0 spiro atoms. The first-order chi connectivity index (χ1) is 16.5. The van der Waals surface area contributed by atoms with Gasteiger partial charge in [-0.1, -0.05) is 67.5 Å². The van der Waals surface area contributed by atoms with Crippen molar-refractivity contribution in [2.45, 2.75) is 58.5 Å². The molecule has 0 saturated heterocycles. The van der Waals surface area contributed by atoms with E-state index in [2.05, 4.69) is 43.1 Å². The Bertz CT molecular complexity index is 1190. The van der Waals surface area contributed by atoms with Crippen LogP contribution in [0, 0.1) is 22.7 Å². The molecule has 3 heteroatoms.